The van der Waals surface area contributed by atoms with Crippen LogP contribution in [-0.2, 0) is 13.1 Å². The van der Waals surface area contributed by atoms with Gasteiger partial charge in [-0.05, 0) is 30.3 Å². The lowest BCUT2D eigenvalue weighted by atomic mass is 10.1. The van der Waals surface area contributed by atoms with Crippen molar-refractivity contribution in [3.63, 3.8) is 0 Å². The predicted molar refractivity (Wildman–Crippen MR) is 76.9 cm³/mol. The molecule has 0 fully saturated rings. The molecule has 1 aromatic carbocycles. The van der Waals surface area contributed by atoms with Crippen molar-refractivity contribution in [2.75, 3.05) is 12.8 Å². The van der Waals surface area contributed by atoms with Crippen LogP contribution in [-0.4, -0.2) is 21.9 Å². The van der Waals surface area contributed by atoms with Gasteiger partial charge in [0.15, 0.2) is 0 Å². The zero-order chi connectivity index (χ0) is 14.5. The molecule has 0 radical (unpaired) electrons. The highest BCUT2D eigenvalue weighted by Crippen LogP contribution is 2.22. The summed E-state index contributed by atoms with van der Waals surface area (Å²) in [5.41, 5.74) is 7.88. The van der Waals surface area contributed by atoms with Crippen LogP contribution in [0.25, 0.3) is 0 Å². The van der Waals surface area contributed by atoms with E-state index < -0.39 is 4.92 Å². The number of nitro benzene ring substituents is 1. The fourth-order valence-corrected chi connectivity index (χ4v) is 2.04. The van der Waals surface area contributed by atoms with Crippen molar-refractivity contribution in [2.45, 2.75) is 13.1 Å². The molecule has 0 spiro atoms. The third-order valence-corrected chi connectivity index (χ3v) is 2.92. The van der Waals surface area contributed by atoms with Crippen LogP contribution in [0.5, 0.6) is 0 Å². The first-order chi connectivity index (χ1) is 9.56. The number of nitrogens with zero attached hydrogens (tertiary/aromatic N) is 3. The molecule has 1 heterocycles. The zero-order valence-corrected chi connectivity index (χ0v) is 11.2. The van der Waals surface area contributed by atoms with E-state index in [1.54, 1.807) is 18.3 Å². The maximum atomic E-state index is 10.7. The summed E-state index contributed by atoms with van der Waals surface area (Å²) in [5, 5.41) is 10.7. The fourth-order valence-electron chi connectivity index (χ4n) is 2.04. The van der Waals surface area contributed by atoms with Gasteiger partial charge in [0.2, 0.25) is 0 Å². The second-order valence-corrected chi connectivity index (χ2v) is 4.68. The first-order valence-corrected chi connectivity index (χ1v) is 6.16. The lowest BCUT2D eigenvalue weighted by Crippen LogP contribution is -2.17. The van der Waals surface area contributed by atoms with Crippen LogP contribution in [0.15, 0.2) is 42.7 Å². The summed E-state index contributed by atoms with van der Waals surface area (Å²) < 4.78 is 0. The predicted octanol–water partition coefficient (Wildman–Crippen LogP) is 2.20. The second kappa shape index (κ2) is 6.12. The van der Waals surface area contributed by atoms with Gasteiger partial charge in [-0.2, -0.15) is 0 Å². The van der Waals surface area contributed by atoms with Gasteiger partial charge < -0.3 is 5.73 Å². The maximum absolute atomic E-state index is 10.7. The second-order valence-electron chi connectivity index (χ2n) is 4.68. The fraction of sp³-hybridized carbons (Fsp3) is 0.214. The molecule has 0 aliphatic heterocycles. The van der Waals surface area contributed by atoms with Gasteiger partial charge in [0.25, 0.3) is 5.69 Å². The summed E-state index contributed by atoms with van der Waals surface area (Å²) in [4.78, 5) is 16.4. The minimum Gasteiger partial charge on any atom is -0.393 e. The highest BCUT2D eigenvalue weighted by molar-refractivity contribution is 5.59. The molecule has 6 heteroatoms. The normalized spacial score (nSPS) is 10.7. The van der Waals surface area contributed by atoms with Crippen molar-refractivity contribution >= 4 is 11.4 Å². The number of nitrogens with two attached hydrogens (primary N) is 1. The van der Waals surface area contributed by atoms with Crippen molar-refractivity contribution in [3.8, 4) is 0 Å². The average Bonchev–Trinajstić information content (AvgIpc) is 2.39. The van der Waals surface area contributed by atoms with Gasteiger partial charge in [-0.25, -0.2) is 0 Å². The molecule has 0 saturated heterocycles. The number of nitro groups is 1. The molecule has 0 saturated carbocycles. The van der Waals surface area contributed by atoms with Crippen LogP contribution < -0.4 is 5.73 Å². The van der Waals surface area contributed by atoms with E-state index >= 15 is 0 Å². The first-order valence-electron chi connectivity index (χ1n) is 6.16. The van der Waals surface area contributed by atoms with E-state index in [0.717, 1.165) is 17.7 Å². The molecule has 0 atom stereocenters. The number of benzene rings is 1. The highest BCUT2D eigenvalue weighted by Gasteiger charge is 2.11. The third-order valence-electron chi connectivity index (χ3n) is 2.92. The van der Waals surface area contributed by atoms with Crippen LogP contribution in [0.2, 0.25) is 0 Å². The molecule has 104 valence electrons. The molecule has 2 rings (SSSR count). The van der Waals surface area contributed by atoms with Crippen molar-refractivity contribution in [1.82, 2.24) is 9.88 Å². The molecule has 0 amide bonds. The molecule has 0 unspecified atom stereocenters. The van der Waals surface area contributed by atoms with E-state index in [4.69, 9.17) is 5.73 Å². The van der Waals surface area contributed by atoms with Crippen LogP contribution in [0, 0.1) is 10.1 Å². The molecular formula is C14H16N4O2. The van der Waals surface area contributed by atoms with Crippen LogP contribution in [0.3, 0.4) is 0 Å². The molecule has 0 bridgehead atoms. The Balaban J connectivity index is 2.03. The van der Waals surface area contributed by atoms with Crippen molar-refractivity contribution < 1.29 is 4.92 Å². The number of anilines is 1. The summed E-state index contributed by atoms with van der Waals surface area (Å²) in [6.45, 7) is 1.42. The third kappa shape index (κ3) is 3.52. The monoisotopic (exact) mass is 272 g/mol. The zero-order valence-electron chi connectivity index (χ0n) is 11.2. The minimum atomic E-state index is -0.474. The molecule has 0 aliphatic carbocycles. The first kappa shape index (κ1) is 14.0. The smallest absolute Gasteiger partial charge is 0.292 e. The highest BCUT2D eigenvalue weighted by atomic mass is 16.6. The number of nitrogen functional groups attached to an aromatic ring is 1. The molecule has 6 nitrogen and oxygen atoms in total. The van der Waals surface area contributed by atoms with Gasteiger partial charge in [-0.15, -0.1) is 0 Å². The van der Waals surface area contributed by atoms with Crippen LogP contribution >= 0.6 is 0 Å². The Morgan fingerprint density at radius 2 is 2.05 bits per heavy atom. The van der Waals surface area contributed by atoms with Gasteiger partial charge >= 0.3 is 0 Å². The Labute approximate surface area is 117 Å². The molecule has 20 heavy (non-hydrogen) atoms. The summed E-state index contributed by atoms with van der Waals surface area (Å²) >= 11 is 0. The number of pyridine rings is 1. The van der Waals surface area contributed by atoms with Gasteiger partial charge in [0.05, 0.1) is 4.92 Å². The van der Waals surface area contributed by atoms with E-state index in [1.807, 2.05) is 25.4 Å². The quantitative estimate of drug-likeness (QED) is 0.512. The Hall–Kier alpha value is -2.47. The summed E-state index contributed by atoms with van der Waals surface area (Å²) in [7, 11) is 1.98. The van der Waals surface area contributed by atoms with E-state index in [1.165, 1.54) is 6.07 Å². The van der Waals surface area contributed by atoms with E-state index in [9.17, 15) is 10.1 Å². The largest absolute Gasteiger partial charge is 0.393 e. The van der Waals surface area contributed by atoms with Gasteiger partial charge in [-0.1, -0.05) is 12.1 Å². The van der Waals surface area contributed by atoms with E-state index in [2.05, 4.69) is 9.88 Å². The standard InChI is InChI=1S/C14H16N4O2/c1-17(10-12-3-2-6-16-8-12)9-11-4-5-14(18(19)20)13(15)7-11/h2-8H,9-10,15H2,1H3. The van der Waals surface area contributed by atoms with Gasteiger partial charge in [0, 0.05) is 31.5 Å². The van der Waals surface area contributed by atoms with Crippen molar-refractivity contribution in [3.05, 3.63) is 64.0 Å². The van der Waals surface area contributed by atoms with E-state index in [-0.39, 0.29) is 11.4 Å². The lowest BCUT2D eigenvalue weighted by Gasteiger charge is -2.16. The molecule has 2 aromatic rings. The number of aromatic nitrogens is 1. The number of hydrogen-bond donors (Lipinski definition) is 1. The molecular weight excluding hydrogens is 256 g/mol. The van der Waals surface area contributed by atoms with Gasteiger partial charge in [0.1, 0.15) is 5.69 Å². The summed E-state index contributed by atoms with van der Waals surface area (Å²) in [5.74, 6) is 0. The van der Waals surface area contributed by atoms with E-state index in [0.29, 0.717) is 6.54 Å². The number of rotatable bonds is 5. The number of hydrogen-bond acceptors (Lipinski definition) is 5. The Bertz CT molecular complexity index is 601. The lowest BCUT2D eigenvalue weighted by molar-refractivity contribution is -0.383. The summed E-state index contributed by atoms with van der Waals surface area (Å²) in [6, 6.07) is 8.73. The Kier molecular flexibility index (Phi) is 4.27. The average molecular weight is 272 g/mol. The van der Waals surface area contributed by atoms with Crippen LogP contribution in [0.1, 0.15) is 11.1 Å². The van der Waals surface area contributed by atoms with Gasteiger partial charge in [-0.3, -0.25) is 20.0 Å². The van der Waals surface area contributed by atoms with Crippen molar-refractivity contribution in [2.24, 2.45) is 0 Å². The molecule has 1 aromatic heterocycles. The van der Waals surface area contributed by atoms with Crippen molar-refractivity contribution in [1.29, 1.82) is 0 Å². The topological polar surface area (TPSA) is 85.3 Å². The Morgan fingerprint density at radius 3 is 2.65 bits per heavy atom. The molecule has 0 aliphatic rings. The summed E-state index contributed by atoms with van der Waals surface area (Å²) in [6.07, 6.45) is 3.56. The maximum Gasteiger partial charge on any atom is 0.292 e. The minimum absolute atomic E-state index is 0.0522. The molecule has 2 N–H and O–H groups in total. The SMILES string of the molecule is CN(Cc1cccnc1)Cc1ccc([N+](=O)[O-])c(N)c1. The van der Waals surface area contributed by atoms with Crippen LogP contribution in [0.4, 0.5) is 11.4 Å². The Morgan fingerprint density at radius 1 is 1.30 bits per heavy atom.